The number of nitrogens with zero attached hydrogens (tertiary/aromatic N) is 2. The number of rotatable bonds is 5. The van der Waals surface area contributed by atoms with E-state index >= 15 is 0 Å². The number of aliphatic carboxylic acids is 2. The second-order valence-corrected chi connectivity index (χ2v) is 1.75. The van der Waals surface area contributed by atoms with Gasteiger partial charge in [0.05, 0.1) is 13.1 Å². The minimum absolute atomic E-state index is 0. The molecule has 0 spiro atoms. The van der Waals surface area contributed by atoms with Gasteiger partial charge in [0, 0.05) is 0 Å². The second-order valence-electron chi connectivity index (χ2n) is 1.75. The summed E-state index contributed by atoms with van der Waals surface area (Å²) in [6.07, 6.45) is 1.49. The van der Waals surface area contributed by atoms with Gasteiger partial charge in [-0.25, -0.2) is 9.59 Å². The van der Waals surface area contributed by atoms with Gasteiger partial charge in [-0.05, 0) is 0 Å². The smallest absolute Gasteiger partial charge is 1.00 e. The predicted octanol–water partition coefficient (Wildman–Crippen LogP) is -6.47. The third-order valence-corrected chi connectivity index (χ3v) is 0.762. The molecule has 0 bridgehead atoms. The minimum atomic E-state index is -1.13. The van der Waals surface area contributed by atoms with Crippen molar-refractivity contribution in [2.24, 2.45) is 9.98 Å². The largest absolute Gasteiger partial charge is 1.00 e. The van der Waals surface area contributed by atoms with E-state index < -0.39 is 11.9 Å². The third kappa shape index (κ3) is 18.1. The van der Waals surface area contributed by atoms with E-state index in [4.69, 9.17) is 10.2 Å². The van der Waals surface area contributed by atoms with E-state index in [1.165, 1.54) is 0 Å². The molecule has 0 aliphatic rings. The molecule has 0 saturated heterocycles. The molecule has 0 heterocycles. The van der Waals surface area contributed by atoms with E-state index in [0.29, 0.717) is 0 Å². The Morgan fingerprint density at radius 2 is 1.29 bits per heavy atom. The maximum absolute atomic E-state index is 9.86. The molecule has 0 unspecified atom stereocenters. The van der Waals surface area contributed by atoms with Crippen LogP contribution in [0.25, 0.3) is 0 Å². The molecule has 0 aliphatic heterocycles. The Morgan fingerprint density at radius 1 is 1.00 bits per heavy atom. The molecular weight excluding hydrogens is 210 g/mol. The summed E-state index contributed by atoms with van der Waals surface area (Å²) < 4.78 is 0. The van der Waals surface area contributed by atoms with Gasteiger partial charge in [0.1, 0.15) is 12.4 Å². The van der Waals surface area contributed by atoms with Gasteiger partial charge in [-0.1, -0.05) is 0 Å². The maximum Gasteiger partial charge on any atom is 1.00 e. The Bertz CT molecular complexity index is 215. The number of carboxylic acids is 2. The van der Waals surface area contributed by atoms with Crippen molar-refractivity contribution in [3.05, 3.63) is 0 Å². The standard InChI is InChI=1S/C6H8N2O4.2Na.2H/c9-5(10)3-7-1-2-8-4-6(11)12;;;;/h3-4H,1-2H2,(H,9,10)(H,11,12);;;;/q;2*+1;2*-1. The van der Waals surface area contributed by atoms with Crippen LogP contribution < -0.4 is 59.1 Å². The molecule has 0 aromatic carbocycles. The van der Waals surface area contributed by atoms with Gasteiger partial charge in [-0.3, -0.25) is 9.98 Å². The SMILES string of the molecule is O=C(O)C=NCCN=CC(=O)O.[H-].[H-].[Na+].[Na+]. The van der Waals surface area contributed by atoms with Crippen molar-refractivity contribution >= 4 is 24.4 Å². The van der Waals surface area contributed by atoms with Crippen LogP contribution in [0.2, 0.25) is 0 Å². The van der Waals surface area contributed by atoms with Crippen molar-refractivity contribution in [2.75, 3.05) is 13.1 Å². The summed E-state index contributed by atoms with van der Waals surface area (Å²) in [5, 5.41) is 16.2. The number of aliphatic imine (C=N–C) groups is 2. The molecule has 0 aromatic rings. The van der Waals surface area contributed by atoms with Crippen molar-refractivity contribution < 1.29 is 81.8 Å². The summed E-state index contributed by atoms with van der Waals surface area (Å²) in [6.45, 7) is 0.353. The first kappa shape index (κ1) is 19.8. The molecule has 0 atom stereocenters. The zero-order valence-electron chi connectivity index (χ0n) is 10.2. The quantitative estimate of drug-likeness (QED) is 0.273. The third-order valence-electron chi connectivity index (χ3n) is 0.762. The van der Waals surface area contributed by atoms with Crippen LogP contribution in [0.5, 0.6) is 0 Å². The Balaban J connectivity index is -0.000000101. The van der Waals surface area contributed by atoms with Gasteiger partial charge < -0.3 is 13.1 Å². The number of hydrogen-bond donors (Lipinski definition) is 2. The Kier molecular flexibility index (Phi) is 18.8. The van der Waals surface area contributed by atoms with Gasteiger partial charge in [-0.15, -0.1) is 0 Å². The molecule has 70 valence electrons. The normalized spacial score (nSPS) is 9.43. The van der Waals surface area contributed by atoms with E-state index in [9.17, 15) is 9.59 Å². The first-order valence-electron chi connectivity index (χ1n) is 3.08. The van der Waals surface area contributed by atoms with Crippen molar-refractivity contribution in [2.45, 2.75) is 0 Å². The van der Waals surface area contributed by atoms with Gasteiger partial charge in [-0.2, -0.15) is 0 Å². The summed E-state index contributed by atoms with van der Waals surface area (Å²) >= 11 is 0. The van der Waals surface area contributed by atoms with Crippen LogP contribution in [-0.2, 0) is 9.59 Å². The summed E-state index contributed by atoms with van der Waals surface area (Å²) in [5.41, 5.74) is 0. The zero-order chi connectivity index (χ0) is 9.40. The molecule has 14 heavy (non-hydrogen) atoms. The van der Waals surface area contributed by atoms with Crippen LogP contribution in [0.4, 0.5) is 0 Å². The van der Waals surface area contributed by atoms with E-state index in [2.05, 4.69) is 9.98 Å². The molecule has 6 nitrogen and oxygen atoms in total. The molecule has 2 N–H and O–H groups in total. The van der Waals surface area contributed by atoms with Crippen LogP contribution in [-0.4, -0.2) is 47.7 Å². The molecule has 0 aliphatic carbocycles. The summed E-state index contributed by atoms with van der Waals surface area (Å²) in [6, 6.07) is 0. The molecule has 0 aromatic heterocycles. The summed E-state index contributed by atoms with van der Waals surface area (Å²) in [4.78, 5) is 26.6. The molecule has 8 heteroatoms. The predicted molar refractivity (Wildman–Crippen MR) is 44.2 cm³/mol. The Hall–Kier alpha value is 0.280. The van der Waals surface area contributed by atoms with E-state index in [0.717, 1.165) is 12.4 Å². The van der Waals surface area contributed by atoms with E-state index in [1.807, 2.05) is 0 Å². The van der Waals surface area contributed by atoms with Crippen LogP contribution in [0, 0.1) is 0 Å². The second kappa shape index (κ2) is 13.3. The van der Waals surface area contributed by atoms with Gasteiger partial charge in [0.25, 0.3) is 0 Å². The van der Waals surface area contributed by atoms with Crippen molar-refractivity contribution in [3.63, 3.8) is 0 Å². The molecule has 0 radical (unpaired) electrons. The summed E-state index contributed by atoms with van der Waals surface area (Å²) in [7, 11) is 0. The minimum Gasteiger partial charge on any atom is -1.00 e. The van der Waals surface area contributed by atoms with Gasteiger partial charge >= 0.3 is 71.1 Å². The van der Waals surface area contributed by atoms with Gasteiger partial charge in [0.2, 0.25) is 0 Å². The van der Waals surface area contributed by atoms with Crippen LogP contribution in [0.3, 0.4) is 0 Å². The van der Waals surface area contributed by atoms with E-state index in [-0.39, 0.29) is 75.1 Å². The molecule has 0 rings (SSSR count). The number of carbonyl (C=O) groups is 2. The number of hydrogen-bond acceptors (Lipinski definition) is 4. The van der Waals surface area contributed by atoms with Crippen molar-refractivity contribution in [1.82, 2.24) is 0 Å². The van der Waals surface area contributed by atoms with Crippen molar-refractivity contribution in [3.8, 4) is 0 Å². The molecular formula is C6H10N2Na2O4. The van der Waals surface area contributed by atoms with Crippen molar-refractivity contribution in [1.29, 1.82) is 0 Å². The Morgan fingerprint density at radius 3 is 1.50 bits per heavy atom. The molecule has 0 saturated carbocycles. The fraction of sp³-hybridized carbons (Fsp3) is 0.333. The average Bonchev–Trinajstić information content (AvgIpc) is 1.95. The Labute approximate surface area is 128 Å². The monoisotopic (exact) mass is 220 g/mol. The van der Waals surface area contributed by atoms with Crippen LogP contribution >= 0.6 is 0 Å². The van der Waals surface area contributed by atoms with Crippen LogP contribution in [0.15, 0.2) is 9.98 Å². The molecule has 0 fully saturated rings. The average molecular weight is 220 g/mol. The maximum atomic E-state index is 9.86. The topological polar surface area (TPSA) is 99.3 Å². The first-order chi connectivity index (χ1) is 5.63. The summed E-state index contributed by atoms with van der Waals surface area (Å²) in [5.74, 6) is -2.26. The first-order valence-corrected chi connectivity index (χ1v) is 3.08. The number of carboxylic acid groups (broad SMARTS) is 2. The fourth-order valence-corrected chi connectivity index (χ4v) is 0.401. The van der Waals surface area contributed by atoms with Gasteiger partial charge in [0.15, 0.2) is 0 Å². The van der Waals surface area contributed by atoms with E-state index in [1.54, 1.807) is 0 Å². The zero-order valence-corrected chi connectivity index (χ0v) is 12.2. The van der Waals surface area contributed by atoms with Crippen LogP contribution in [0.1, 0.15) is 2.85 Å². The fourth-order valence-electron chi connectivity index (χ4n) is 0.401. The molecule has 0 amide bonds.